The second kappa shape index (κ2) is 7.60. The van der Waals surface area contributed by atoms with Crippen LogP contribution in [0.5, 0.6) is 5.75 Å². The third-order valence-corrected chi connectivity index (χ3v) is 5.00. The van der Waals surface area contributed by atoms with Crippen LogP contribution in [0.15, 0.2) is 54.6 Å². The molecule has 136 valence electrons. The molecule has 1 unspecified atom stereocenters. The summed E-state index contributed by atoms with van der Waals surface area (Å²) in [5.41, 5.74) is 1.42. The predicted molar refractivity (Wildman–Crippen MR) is 99.9 cm³/mol. The molecule has 0 aromatic heterocycles. The normalized spacial score (nSPS) is 15.6. The van der Waals surface area contributed by atoms with Gasteiger partial charge in [0.2, 0.25) is 11.8 Å². The smallest absolute Gasteiger partial charge is 0.231 e. The molecule has 1 atom stereocenters. The van der Waals surface area contributed by atoms with Crippen LogP contribution in [0, 0.1) is 0 Å². The lowest BCUT2D eigenvalue weighted by Gasteiger charge is -2.23. The summed E-state index contributed by atoms with van der Waals surface area (Å²) in [6.07, 6.45) is 1.84. The van der Waals surface area contributed by atoms with E-state index in [1.165, 1.54) is 0 Å². The predicted octanol–water partition coefficient (Wildman–Crippen LogP) is 2.72. The number of hydrogen-bond donors (Lipinski definition) is 2. The molecule has 0 saturated heterocycles. The fraction of sp³-hybridized carbons (Fsp3) is 0.333. The number of carbonyl (C=O) groups is 2. The molecule has 1 aliphatic rings. The molecule has 2 N–H and O–H groups in total. The highest BCUT2D eigenvalue weighted by atomic mass is 16.5. The van der Waals surface area contributed by atoms with Crippen LogP contribution in [0.1, 0.15) is 36.4 Å². The zero-order valence-corrected chi connectivity index (χ0v) is 15.1. The van der Waals surface area contributed by atoms with Gasteiger partial charge in [-0.1, -0.05) is 42.5 Å². The molecular weight excluding hydrogens is 328 g/mol. The molecule has 5 nitrogen and oxygen atoms in total. The number of amides is 2. The van der Waals surface area contributed by atoms with Gasteiger partial charge in [-0.2, -0.15) is 0 Å². The van der Waals surface area contributed by atoms with Crippen LogP contribution in [-0.4, -0.2) is 26.0 Å². The van der Waals surface area contributed by atoms with Crippen LogP contribution < -0.4 is 15.4 Å². The Kier molecular flexibility index (Phi) is 5.26. The maximum Gasteiger partial charge on any atom is 0.231 e. The van der Waals surface area contributed by atoms with Crippen LogP contribution in [0.25, 0.3) is 0 Å². The monoisotopic (exact) mass is 352 g/mol. The molecule has 5 heteroatoms. The number of nitrogens with one attached hydrogen (secondary N) is 2. The molecule has 2 aromatic carbocycles. The molecule has 1 aliphatic carbocycles. The summed E-state index contributed by atoms with van der Waals surface area (Å²) in [6.45, 7) is 0. The molecule has 0 heterocycles. The Morgan fingerprint density at radius 3 is 2.27 bits per heavy atom. The first-order valence-corrected chi connectivity index (χ1v) is 8.80. The lowest BCUT2D eigenvalue weighted by Crippen LogP contribution is -2.39. The molecule has 2 aromatic rings. The quantitative estimate of drug-likeness (QED) is 0.805. The fourth-order valence-electron chi connectivity index (χ4n) is 3.20. The van der Waals surface area contributed by atoms with Crippen LogP contribution in [0.4, 0.5) is 0 Å². The molecule has 0 bridgehead atoms. The molecule has 1 saturated carbocycles. The van der Waals surface area contributed by atoms with Gasteiger partial charge >= 0.3 is 0 Å². The number of rotatable bonds is 7. The van der Waals surface area contributed by atoms with Crippen LogP contribution in [0.2, 0.25) is 0 Å². The van der Waals surface area contributed by atoms with Gasteiger partial charge in [0.25, 0.3) is 0 Å². The van der Waals surface area contributed by atoms with Crippen molar-refractivity contribution in [1.29, 1.82) is 0 Å². The van der Waals surface area contributed by atoms with Crippen molar-refractivity contribution in [1.82, 2.24) is 10.6 Å². The van der Waals surface area contributed by atoms with Gasteiger partial charge in [0.15, 0.2) is 0 Å². The summed E-state index contributed by atoms with van der Waals surface area (Å²) in [4.78, 5) is 25.0. The summed E-state index contributed by atoms with van der Waals surface area (Å²) in [6, 6.07) is 16.9. The highest BCUT2D eigenvalue weighted by Crippen LogP contribution is 2.49. The Morgan fingerprint density at radius 2 is 1.73 bits per heavy atom. The lowest BCUT2D eigenvalue weighted by molar-refractivity contribution is -0.125. The van der Waals surface area contributed by atoms with Crippen molar-refractivity contribution >= 4 is 11.8 Å². The second-order valence-electron chi connectivity index (χ2n) is 6.62. The number of hydrogen-bond acceptors (Lipinski definition) is 3. The number of benzene rings is 2. The van der Waals surface area contributed by atoms with E-state index in [4.69, 9.17) is 4.74 Å². The molecular formula is C21H24N2O3. The first-order valence-electron chi connectivity index (χ1n) is 8.80. The van der Waals surface area contributed by atoms with Gasteiger partial charge in [-0.25, -0.2) is 0 Å². The van der Waals surface area contributed by atoms with Crippen molar-refractivity contribution in [3.63, 3.8) is 0 Å². The van der Waals surface area contributed by atoms with Crippen LogP contribution in [-0.2, 0) is 15.0 Å². The van der Waals surface area contributed by atoms with Crippen LogP contribution >= 0.6 is 0 Å². The summed E-state index contributed by atoms with van der Waals surface area (Å²) < 4.78 is 5.20. The molecule has 3 rings (SSSR count). The van der Waals surface area contributed by atoms with Gasteiger partial charge in [0.1, 0.15) is 5.75 Å². The largest absolute Gasteiger partial charge is 0.497 e. The minimum atomic E-state index is -0.498. The standard InChI is InChI=1S/C21H24N2O3/c1-22-19(24)14-18(15-6-4-3-5-7-15)23-20(25)21(12-13-21)16-8-10-17(26-2)11-9-16/h3-11,18H,12-14H2,1-2H3,(H,22,24)(H,23,25). The Bertz CT molecular complexity index is 768. The lowest BCUT2D eigenvalue weighted by atomic mass is 9.93. The van der Waals surface area contributed by atoms with Crippen molar-refractivity contribution in [2.45, 2.75) is 30.7 Å². The summed E-state index contributed by atoms with van der Waals surface area (Å²) in [5.74, 6) is 0.639. The maximum atomic E-state index is 13.1. The number of methoxy groups -OCH3 is 1. The Balaban J connectivity index is 1.79. The van der Waals surface area contributed by atoms with Crippen molar-refractivity contribution in [2.75, 3.05) is 14.2 Å². The summed E-state index contributed by atoms with van der Waals surface area (Å²) >= 11 is 0. The molecule has 1 fully saturated rings. The topological polar surface area (TPSA) is 67.4 Å². The Hall–Kier alpha value is -2.82. The van der Waals surface area contributed by atoms with Gasteiger partial charge in [0, 0.05) is 7.05 Å². The zero-order valence-electron chi connectivity index (χ0n) is 15.1. The van der Waals surface area contributed by atoms with E-state index in [0.717, 1.165) is 29.7 Å². The maximum absolute atomic E-state index is 13.1. The minimum absolute atomic E-state index is 0.0274. The first kappa shape index (κ1) is 18.0. The highest BCUT2D eigenvalue weighted by molar-refractivity contribution is 5.92. The molecule has 26 heavy (non-hydrogen) atoms. The Labute approximate surface area is 153 Å². The highest BCUT2D eigenvalue weighted by Gasteiger charge is 2.51. The van der Waals surface area contributed by atoms with Gasteiger partial charge in [0.05, 0.1) is 25.0 Å². The van der Waals surface area contributed by atoms with E-state index < -0.39 is 5.41 Å². The van der Waals surface area contributed by atoms with E-state index >= 15 is 0 Å². The van der Waals surface area contributed by atoms with Crippen molar-refractivity contribution in [2.24, 2.45) is 0 Å². The summed E-state index contributed by atoms with van der Waals surface area (Å²) in [7, 11) is 3.23. The van der Waals surface area contributed by atoms with Crippen LogP contribution in [0.3, 0.4) is 0 Å². The van der Waals surface area contributed by atoms with E-state index in [9.17, 15) is 9.59 Å². The third kappa shape index (κ3) is 3.72. The average molecular weight is 352 g/mol. The van der Waals surface area contributed by atoms with Gasteiger partial charge in [-0.15, -0.1) is 0 Å². The van der Waals surface area contributed by atoms with Crippen molar-refractivity contribution < 1.29 is 14.3 Å². The van der Waals surface area contributed by atoms with E-state index in [0.29, 0.717) is 0 Å². The van der Waals surface area contributed by atoms with Gasteiger partial charge < -0.3 is 15.4 Å². The van der Waals surface area contributed by atoms with E-state index in [-0.39, 0.29) is 24.3 Å². The molecule has 0 aliphatic heterocycles. The Morgan fingerprint density at radius 1 is 1.08 bits per heavy atom. The summed E-state index contributed by atoms with van der Waals surface area (Å²) in [5, 5.41) is 5.73. The van der Waals surface area contributed by atoms with Gasteiger partial charge in [-0.05, 0) is 36.1 Å². The molecule has 0 radical (unpaired) electrons. The first-order chi connectivity index (χ1) is 12.6. The van der Waals surface area contributed by atoms with Gasteiger partial charge in [-0.3, -0.25) is 9.59 Å². The van der Waals surface area contributed by atoms with Crippen molar-refractivity contribution in [3.8, 4) is 5.75 Å². The fourth-order valence-corrected chi connectivity index (χ4v) is 3.20. The SMILES string of the molecule is CNC(=O)CC(NC(=O)C1(c2ccc(OC)cc2)CC1)c1ccccc1. The number of carbonyl (C=O) groups excluding carboxylic acids is 2. The van der Waals surface area contributed by atoms with E-state index in [2.05, 4.69) is 10.6 Å². The van der Waals surface area contributed by atoms with E-state index in [1.54, 1.807) is 14.2 Å². The second-order valence-corrected chi connectivity index (χ2v) is 6.62. The molecule has 2 amide bonds. The molecule has 0 spiro atoms. The van der Waals surface area contributed by atoms with Crippen molar-refractivity contribution in [3.05, 3.63) is 65.7 Å². The zero-order chi connectivity index (χ0) is 18.6. The number of ether oxygens (including phenoxy) is 1. The minimum Gasteiger partial charge on any atom is -0.497 e. The van der Waals surface area contributed by atoms with E-state index in [1.807, 2.05) is 54.6 Å². The average Bonchev–Trinajstić information content (AvgIpc) is 3.50. The third-order valence-electron chi connectivity index (χ3n) is 5.00.